The highest BCUT2D eigenvalue weighted by molar-refractivity contribution is 5.86. The van der Waals surface area contributed by atoms with Gasteiger partial charge in [0.25, 0.3) is 0 Å². The fourth-order valence-electron chi connectivity index (χ4n) is 5.44. The molecule has 0 bridgehead atoms. The predicted molar refractivity (Wildman–Crippen MR) is 133 cm³/mol. The summed E-state index contributed by atoms with van der Waals surface area (Å²) < 4.78 is 35.1. The van der Waals surface area contributed by atoms with Crippen LogP contribution in [0.1, 0.15) is 36.8 Å². The zero-order valence-corrected chi connectivity index (χ0v) is 20.6. The zero-order chi connectivity index (χ0) is 25.3. The smallest absolute Gasteiger partial charge is 0.230 e. The molecule has 2 heterocycles. The molecule has 2 aromatic carbocycles. The van der Waals surface area contributed by atoms with E-state index in [1.165, 1.54) is 6.07 Å². The predicted octanol–water partition coefficient (Wildman–Crippen LogP) is 3.94. The summed E-state index contributed by atoms with van der Waals surface area (Å²) in [6.07, 6.45) is 5.08. The maximum absolute atomic E-state index is 14.1. The Bertz CT molecular complexity index is 1240. The van der Waals surface area contributed by atoms with E-state index in [1.807, 2.05) is 17.0 Å². The molecule has 2 unspecified atom stereocenters. The number of aliphatic hydroxyl groups is 1. The maximum atomic E-state index is 14.1. The van der Waals surface area contributed by atoms with Crippen molar-refractivity contribution in [1.82, 2.24) is 14.8 Å². The lowest BCUT2D eigenvalue weighted by atomic mass is 9.75. The molecule has 2 N–H and O–H groups in total. The highest BCUT2D eigenvalue weighted by Crippen LogP contribution is 2.40. The largest absolute Gasteiger partial charge is 0.385 e. The summed E-state index contributed by atoms with van der Waals surface area (Å²) in [5.41, 5.74) is 0.845. The van der Waals surface area contributed by atoms with Gasteiger partial charge < -0.3 is 24.6 Å². The molecule has 1 aromatic heterocycles. The van der Waals surface area contributed by atoms with Crippen molar-refractivity contribution in [3.05, 3.63) is 71.4 Å². The van der Waals surface area contributed by atoms with Gasteiger partial charge in [0.1, 0.15) is 5.60 Å². The van der Waals surface area contributed by atoms with Crippen LogP contribution in [0.3, 0.4) is 0 Å². The number of hydrogen-bond donors (Lipinski definition) is 2. The van der Waals surface area contributed by atoms with Gasteiger partial charge >= 0.3 is 0 Å². The quantitative estimate of drug-likeness (QED) is 0.440. The number of para-hydroxylation sites is 1. The molecule has 1 amide bonds. The number of nitrogens with one attached hydrogen (secondary N) is 1. The van der Waals surface area contributed by atoms with E-state index in [0.717, 1.165) is 54.4 Å². The summed E-state index contributed by atoms with van der Waals surface area (Å²) in [5.74, 6) is -2.95. The fourth-order valence-corrected chi connectivity index (χ4v) is 5.44. The van der Waals surface area contributed by atoms with Gasteiger partial charge in [-0.1, -0.05) is 24.3 Å². The van der Waals surface area contributed by atoms with Gasteiger partial charge in [0.2, 0.25) is 5.91 Å². The van der Waals surface area contributed by atoms with E-state index in [-0.39, 0.29) is 30.5 Å². The van der Waals surface area contributed by atoms with Crippen LogP contribution in [0.2, 0.25) is 0 Å². The van der Waals surface area contributed by atoms with Crippen molar-refractivity contribution in [2.45, 2.75) is 50.4 Å². The van der Waals surface area contributed by atoms with Crippen LogP contribution in [0.25, 0.3) is 10.9 Å². The van der Waals surface area contributed by atoms with Gasteiger partial charge in [0, 0.05) is 56.5 Å². The van der Waals surface area contributed by atoms with Crippen molar-refractivity contribution in [2.75, 3.05) is 26.8 Å². The molecular weight excluding hydrogens is 464 g/mol. The first kappa shape index (κ1) is 24.9. The van der Waals surface area contributed by atoms with Crippen molar-refractivity contribution in [2.24, 2.45) is 5.92 Å². The molecule has 2 atom stereocenters. The minimum absolute atomic E-state index is 0.115. The second-order valence-corrected chi connectivity index (χ2v) is 9.97. The second-order valence-electron chi connectivity index (χ2n) is 9.97. The summed E-state index contributed by atoms with van der Waals surface area (Å²) in [7, 11) is 1.69. The Morgan fingerprint density at radius 1 is 1.22 bits per heavy atom. The summed E-state index contributed by atoms with van der Waals surface area (Å²) in [6, 6.07) is 11.7. The molecule has 36 heavy (non-hydrogen) atoms. The Balaban J connectivity index is 1.45. The summed E-state index contributed by atoms with van der Waals surface area (Å²) in [6.45, 7) is 2.68. The van der Waals surface area contributed by atoms with Crippen LogP contribution in [-0.4, -0.2) is 53.3 Å². The molecule has 6 nitrogen and oxygen atoms in total. The van der Waals surface area contributed by atoms with Gasteiger partial charge in [0.05, 0.1) is 5.92 Å². The SMILES string of the molecule is COCCCn1cc(CN(C(=O)C2CNCCC2(O)c2ccc(F)c(F)c2)C2CC2)c2ccccc21. The van der Waals surface area contributed by atoms with E-state index in [4.69, 9.17) is 4.74 Å². The number of nitrogens with zero attached hydrogens (tertiary/aromatic N) is 2. The average Bonchev–Trinajstić information content (AvgIpc) is 3.67. The van der Waals surface area contributed by atoms with Crippen LogP contribution in [0.5, 0.6) is 0 Å². The lowest BCUT2D eigenvalue weighted by Crippen LogP contribution is -2.55. The number of carbonyl (C=O) groups excluding carboxylic acids is 1. The number of methoxy groups -OCH3 is 1. The molecule has 0 radical (unpaired) electrons. The van der Waals surface area contributed by atoms with Crippen LogP contribution in [0.4, 0.5) is 8.78 Å². The number of halogens is 2. The Kier molecular flexibility index (Phi) is 7.10. The third-order valence-corrected chi connectivity index (χ3v) is 7.56. The lowest BCUT2D eigenvalue weighted by molar-refractivity contribution is -0.150. The third-order valence-electron chi connectivity index (χ3n) is 7.56. The van der Waals surface area contributed by atoms with Crippen molar-refractivity contribution < 1.29 is 23.4 Å². The van der Waals surface area contributed by atoms with Gasteiger partial charge in [-0.15, -0.1) is 0 Å². The van der Waals surface area contributed by atoms with Crippen molar-refractivity contribution in [1.29, 1.82) is 0 Å². The highest BCUT2D eigenvalue weighted by atomic mass is 19.2. The van der Waals surface area contributed by atoms with Crippen LogP contribution < -0.4 is 5.32 Å². The highest BCUT2D eigenvalue weighted by Gasteiger charge is 2.48. The molecule has 1 aliphatic heterocycles. The van der Waals surface area contributed by atoms with Crippen LogP contribution in [-0.2, 0) is 28.2 Å². The first-order valence-corrected chi connectivity index (χ1v) is 12.7. The minimum Gasteiger partial charge on any atom is -0.385 e. The van der Waals surface area contributed by atoms with Gasteiger partial charge in [-0.25, -0.2) is 8.78 Å². The van der Waals surface area contributed by atoms with Gasteiger partial charge in [0.15, 0.2) is 11.6 Å². The molecule has 0 spiro atoms. The number of fused-ring (bicyclic) bond motifs is 1. The van der Waals surface area contributed by atoms with Crippen molar-refractivity contribution in [3.8, 4) is 0 Å². The molecule has 192 valence electrons. The van der Waals surface area contributed by atoms with E-state index in [9.17, 15) is 18.7 Å². The summed E-state index contributed by atoms with van der Waals surface area (Å²) in [4.78, 5) is 15.9. The fraction of sp³-hybridized carbons (Fsp3) is 0.464. The number of aryl methyl sites for hydroxylation is 1. The van der Waals surface area contributed by atoms with Crippen molar-refractivity contribution in [3.63, 3.8) is 0 Å². The summed E-state index contributed by atoms with van der Waals surface area (Å²) >= 11 is 0. The van der Waals surface area contributed by atoms with E-state index in [2.05, 4.69) is 28.2 Å². The molecular formula is C28H33F2N3O3. The number of hydrogen-bond acceptors (Lipinski definition) is 4. The lowest BCUT2D eigenvalue weighted by Gasteiger charge is -2.42. The molecule has 2 aliphatic rings. The normalized spacial score (nSPS) is 22.2. The first-order chi connectivity index (χ1) is 17.4. The molecule has 1 aliphatic carbocycles. The Hall–Kier alpha value is -2.81. The number of aromatic nitrogens is 1. The summed E-state index contributed by atoms with van der Waals surface area (Å²) in [5, 5.41) is 16.0. The van der Waals surface area contributed by atoms with Gasteiger partial charge in [-0.05, 0) is 61.6 Å². The zero-order valence-electron chi connectivity index (χ0n) is 20.6. The molecule has 1 saturated heterocycles. The topological polar surface area (TPSA) is 66.7 Å². The number of rotatable bonds is 9. The molecule has 5 rings (SSSR count). The van der Waals surface area contributed by atoms with E-state index >= 15 is 0 Å². The monoisotopic (exact) mass is 497 g/mol. The maximum Gasteiger partial charge on any atom is 0.230 e. The minimum atomic E-state index is -1.57. The number of piperidine rings is 1. The van der Waals surface area contributed by atoms with Crippen LogP contribution in [0, 0.1) is 17.6 Å². The van der Waals surface area contributed by atoms with Crippen LogP contribution >= 0.6 is 0 Å². The van der Waals surface area contributed by atoms with E-state index < -0.39 is 23.2 Å². The molecule has 8 heteroatoms. The van der Waals surface area contributed by atoms with Gasteiger partial charge in [-0.2, -0.15) is 0 Å². The number of amides is 1. The number of benzene rings is 2. The third kappa shape index (κ3) is 4.77. The first-order valence-electron chi connectivity index (χ1n) is 12.7. The molecule has 3 aromatic rings. The number of carbonyl (C=O) groups is 1. The average molecular weight is 498 g/mol. The Morgan fingerprint density at radius 2 is 2.03 bits per heavy atom. The Labute approximate surface area is 209 Å². The molecule has 1 saturated carbocycles. The van der Waals surface area contributed by atoms with Crippen molar-refractivity contribution >= 4 is 16.8 Å². The Morgan fingerprint density at radius 3 is 2.78 bits per heavy atom. The van der Waals surface area contributed by atoms with E-state index in [0.29, 0.717) is 19.7 Å². The van der Waals surface area contributed by atoms with E-state index in [1.54, 1.807) is 7.11 Å². The standard InChI is InChI=1S/C28H33F2N3O3/c1-36-14-4-13-32-17-19(22-5-2-3-6-26(22)32)18-33(21-8-9-21)27(34)23-16-31-12-11-28(23,35)20-7-10-24(29)25(30)15-20/h2-3,5-7,10,15,17,21,23,31,35H,4,8-9,11-14,16,18H2,1H3. The molecule has 2 fully saturated rings. The van der Waals surface area contributed by atoms with Gasteiger partial charge in [-0.3, -0.25) is 4.79 Å². The number of ether oxygens (including phenoxy) is 1. The van der Waals surface area contributed by atoms with Crippen LogP contribution in [0.15, 0.2) is 48.7 Å². The second kappa shape index (κ2) is 10.3.